The van der Waals surface area contributed by atoms with Crippen LogP contribution >= 0.6 is 11.6 Å². The Labute approximate surface area is 187 Å². The zero-order valence-corrected chi connectivity index (χ0v) is 19.0. The summed E-state index contributed by atoms with van der Waals surface area (Å²) in [5, 5.41) is 15.1. The van der Waals surface area contributed by atoms with Crippen molar-refractivity contribution in [2.75, 3.05) is 11.5 Å². The zero-order valence-electron chi connectivity index (χ0n) is 18.3. The van der Waals surface area contributed by atoms with Gasteiger partial charge in [0.05, 0.1) is 13.2 Å². The third-order valence-corrected chi connectivity index (χ3v) is 5.87. The lowest BCUT2D eigenvalue weighted by molar-refractivity contribution is -0.111. The third-order valence-electron chi connectivity index (χ3n) is 5.63. The van der Waals surface area contributed by atoms with Crippen molar-refractivity contribution in [3.8, 4) is 5.75 Å². The van der Waals surface area contributed by atoms with E-state index in [4.69, 9.17) is 16.3 Å². The molecule has 1 aliphatic carbocycles. The number of carbonyl (C=O) groups excluding carboxylic acids is 1. The molecule has 168 valence electrons. The van der Waals surface area contributed by atoms with E-state index < -0.39 is 6.09 Å². The topological polar surface area (TPSA) is 84.7 Å². The predicted octanol–water partition coefficient (Wildman–Crippen LogP) is 5.17. The highest BCUT2D eigenvalue weighted by Crippen LogP contribution is 2.31. The molecule has 3 rings (SSSR count). The van der Waals surface area contributed by atoms with Gasteiger partial charge in [-0.3, -0.25) is 9.58 Å². The highest BCUT2D eigenvalue weighted by molar-refractivity contribution is 6.30. The van der Waals surface area contributed by atoms with Gasteiger partial charge in [0.25, 0.3) is 0 Å². The van der Waals surface area contributed by atoms with Gasteiger partial charge in [0.1, 0.15) is 12.0 Å². The molecule has 0 saturated heterocycles. The number of hydrogen-bond donors (Lipinski definition) is 1. The number of amides is 1. The van der Waals surface area contributed by atoms with Crippen molar-refractivity contribution in [2.24, 2.45) is 11.8 Å². The molecule has 1 heterocycles. The first-order valence-electron chi connectivity index (χ1n) is 10.7. The van der Waals surface area contributed by atoms with Gasteiger partial charge in [-0.2, -0.15) is 5.10 Å². The third kappa shape index (κ3) is 5.79. The summed E-state index contributed by atoms with van der Waals surface area (Å²) < 4.78 is 7.72. The van der Waals surface area contributed by atoms with E-state index in [1.807, 2.05) is 19.1 Å². The largest absolute Gasteiger partial charge is 0.493 e. The van der Waals surface area contributed by atoms with E-state index in [2.05, 4.69) is 18.9 Å². The van der Waals surface area contributed by atoms with Crippen LogP contribution in [-0.4, -0.2) is 39.9 Å². The molecule has 0 unspecified atom stereocenters. The number of ether oxygens (including phenoxy) is 1. The summed E-state index contributed by atoms with van der Waals surface area (Å²) in [7, 11) is 0. The molecule has 0 aliphatic heterocycles. The van der Waals surface area contributed by atoms with Crippen LogP contribution in [-0.2, 0) is 11.3 Å². The summed E-state index contributed by atoms with van der Waals surface area (Å²) in [5.74, 6) is 1.57. The maximum Gasteiger partial charge on any atom is 0.413 e. The maximum atomic E-state index is 12.0. The molecule has 0 bridgehead atoms. The summed E-state index contributed by atoms with van der Waals surface area (Å²) in [5.41, 5.74) is 1.73. The zero-order chi connectivity index (χ0) is 22.5. The number of carboxylic acid groups (broad SMARTS) is 1. The molecule has 0 radical (unpaired) electrons. The van der Waals surface area contributed by atoms with Crippen LogP contribution in [0.5, 0.6) is 5.75 Å². The minimum atomic E-state index is -1.03. The summed E-state index contributed by atoms with van der Waals surface area (Å²) in [4.78, 5) is 24.4. The van der Waals surface area contributed by atoms with Crippen LogP contribution in [0.4, 0.5) is 10.6 Å². The number of benzene rings is 1. The highest BCUT2D eigenvalue weighted by atomic mass is 35.5. The van der Waals surface area contributed by atoms with E-state index in [1.165, 1.54) is 4.90 Å². The Kier molecular flexibility index (Phi) is 7.59. The predicted molar refractivity (Wildman–Crippen MR) is 120 cm³/mol. The van der Waals surface area contributed by atoms with E-state index in [9.17, 15) is 14.7 Å². The van der Waals surface area contributed by atoms with Gasteiger partial charge in [-0.05, 0) is 56.7 Å². The van der Waals surface area contributed by atoms with Gasteiger partial charge in [-0.15, -0.1) is 0 Å². The number of aryl methyl sites for hydroxylation is 1. The molecule has 1 fully saturated rings. The van der Waals surface area contributed by atoms with Crippen LogP contribution in [0.25, 0.3) is 0 Å². The van der Waals surface area contributed by atoms with Gasteiger partial charge in [-0.25, -0.2) is 4.79 Å². The molecule has 0 atom stereocenters. The Morgan fingerprint density at radius 1 is 1.32 bits per heavy atom. The van der Waals surface area contributed by atoms with Crippen molar-refractivity contribution >= 4 is 29.8 Å². The Hall–Kier alpha value is -2.54. The smallest absolute Gasteiger partial charge is 0.413 e. The molecule has 1 aliphatic rings. The molecule has 1 aromatic heterocycles. The molecular formula is C23H30ClN3O4. The van der Waals surface area contributed by atoms with Gasteiger partial charge in [0.2, 0.25) is 0 Å². The van der Waals surface area contributed by atoms with Gasteiger partial charge < -0.3 is 14.6 Å². The molecule has 2 aromatic rings. The molecule has 31 heavy (non-hydrogen) atoms. The number of nitrogens with zero attached hydrogens (tertiary/aromatic N) is 3. The van der Waals surface area contributed by atoms with E-state index in [-0.39, 0.29) is 12.0 Å². The van der Waals surface area contributed by atoms with Gasteiger partial charge in [0.15, 0.2) is 5.82 Å². The second kappa shape index (κ2) is 10.2. The average Bonchev–Trinajstić information content (AvgIpc) is 3.07. The highest BCUT2D eigenvalue weighted by Gasteiger charge is 2.31. The van der Waals surface area contributed by atoms with Crippen LogP contribution in [0.15, 0.2) is 24.3 Å². The van der Waals surface area contributed by atoms with E-state index >= 15 is 0 Å². The lowest BCUT2D eigenvalue weighted by atomic mass is 9.86. The number of carbonyl (C=O) groups is 2. The summed E-state index contributed by atoms with van der Waals surface area (Å²) >= 11 is 6.21. The van der Waals surface area contributed by atoms with Crippen LogP contribution < -0.4 is 9.64 Å². The number of halogens is 1. The summed E-state index contributed by atoms with van der Waals surface area (Å²) in [6.45, 7) is 7.09. The first kappa shape index (κ1) is 23.1. The Morgan fingerprint density at radius 2 is 2.03 bits per heavy atom. The number of rotatable bonds is 8. The normalized spacial score (nSPS) is 18.7. The van der Waals surface area contributed by atoms with Crippen molar-refractivity contribution in [1.82, 2.24) is 9.78 Å². The Morgan fingerprint density at radius 3 is 2.65 bits per heavy atom. The minimum absolute atomic E-state index is 0.0262. The monoisotopic (exact) mass is 447 g/mol. The fourth-order valence-corrected chi connectivity index (χ4v) is 4.13. The van der Waals surface area contributed by atoms with Gasteiger partial charge in [0, 0.05) is 34.3 Å². The number of anilines is 1. The molecule has 1 amide bonds. The quantitative estimate of drug-likeness (QED) is 0.564. The van der Waals surface area contributed by atoms with E-state index in [1.54, 1.807) is 16.8 Å². The SMILES string of the molecule is Cc1cc(N(C(=O)O)C2CCC(C=O)CC2)nn1Cc1cc(Cl)ccc1OCC(C)C. The Bertz CT molecular complexity index is 920. The molecular weight excluding hydrogens is 418 g/mol. The van der Waals surface area contributed by atoms with E-state index in [0.717, 1.165) is 23.3 Å². The standard InChI is InChI=1S/C23H30ClN3O4/c1-15(2)14-31-21-9-6-19(24)11-18(21)12-26-16(3)10-22(25-26)27(23(29)30)20-7-4-17(13-28)5-8-20/h6,9-11,13,15,17,20H,4-5,7-8,12,14H2,1-3H3,(H,29,30). The molecule has 1 N–H and O–H groups in total. The molecule has 0 spiro atoms. The maximum absolute atomic E-state index is 12.0. The van der Waals surface area contributed by atoms with Crippen LogP contribution in [0, 0.1) is 18.8 Å². The lowest BCUT2D eigenvalue weighted by Crippen LogP contribution is -2.42. The minimum Gasteiger partial charge on any atom is -0.493 e. The first-order valence-corrected chi connectivity index (χ1v) is 11.1. The van der Waals surface area contributed by atoms with Crippen molar-refractivity contribution in [2.45, 2.75) is 59.0 Å². The second-order valence-electron chi connectivity index (χ2n) is 8.62. The lowest BCUT2D eigenvalue weighted by Gasteiger charge is -2.32. The molecule has 7 nitrogen and oxygen atoms in total. The van der Waals surface area contributed by atoms with Crippen LogP contribution in [0.3, 0.4) is 0 Å². The van der Waals surface area contributed by atoms with Crippen LogP contribution in [0.2, 0.25) is 5.02 Å². The Balaban J connectivity index is 1.82. The van der Waals surface area contributed by atoms with Crippen molar-refractivity contribution < 1.29 is 19.4 Å². The summed E-state index contributed by atoms with van der Waals surface area (Å²) in [6.07, 6.45) is 2.67. The number of aldehydes is 1. The fraction of sp³-hybridized carbons (Fsp3) is 0.522. The summed E-state index contributed by atoms with van der Waals surface area (Å²) in [6, 6.07) is 7.12. The fourth-order valence-electron chi connectivity index (χ4n) is 3.94. The molecule has 1 saturated carbocycles. The average molecular weight is 448 g/mol. The molecule has 1 aromatic carbocycles. The molecule has 8 heteroatoms. The van der Waals surface area contributed by atoms with Crippen molar-refractivity contribution in [3.63, 3.8) is 0 Å². The first-order chi connectivity index (χ1) is 14.8. The van der Waals surface area contributed by atoms with E-state index in [0.29, 0.717) is 55.6 Å². The van der Waals surface area contributed by atoms with Crippen LogP contribution in [0.1, 0.15) is 50.8 Å². The second-order valence-corrected chi connectivity index (χ2v) is 9.05. The van der Waals surface area contributed by atoms with Crippen molar-refractivity contribution in [3.05, 3.63) is 40.5 Å². The van der Waals surface area contributed by atoms with Gasteiger partial charge >= 0.3 is 6.09 Å². The van der Waals surface area contributed by atoms with Gasteiger partial charge in [-0.1, -0.05) is 25.4 Å². The number of aromatic nitrogens is 2. The van der Waals surface area contributed by atoms with Crippen molar-refractivity contribution in [1.29, 1.82) is 0 Å². The number of hydrogen-bond acceptors (Lipinski definition) is 4.